The molecule has 0 bridgehead atoms. The zero-order valence-corrected chi connectivity index (χ0v) is 7.19. The van der Waals surface area contributed by atoms with Crippen LogP contribution in [0, 0.1) is 0 Å². The van der Waals surface area contributed by atoms with Gasteiger partial charge in [0.25, 0.3) is 16.5 Å². The fraction of sp³-hybridized carbons (Fsp3) is 0. The molecule has 0 aliphatic rings. The van der Waals surface area contributed by atoms with Crippen LogP contribution in [0.1, 0.15) is 0 Å². The largest absolute Gasteiger partial charge is 0.429 e. The minimum absolute atomic E-state index is 0.0778. The first-order chi connectivity index (χ1) is 6.04. The van der Waals surface area contributed by atoms with E-state index in [4.69, 9.17) is 5.14 Å². The average molecular weight is 202 g/mol. The Morgan fingerprint density at radius 1 is 1.54 bits per heavy atom. The molecule has 70 valence electrons. The van der Waals surface area contributed by atoms with Crippen molar-refractivity contribution >= 4 is 16.5 Å². The molecule has 0 saturated carbocycles. The first kappa shape index (κ1) is 9.62. The Labute approximate surface area is 74.4 Å². The van der Waals surface area contributed by atoms with Crippen LogP contribution in [-0.2, 0) is 14.8 Å². The fourth-order valence-corrected chi connectivity index (χ4v) is 1.16. The second-order valence-electron chi connectivity index (χ2n) is 2.09. The van der Waals surface area contributed by atoms with Gasteiger partial charge in [0, 0.05) is 12.3 Å². The number of carbonyl (C=O) groups is 1. The normalized spacial score (nSPS) is 10.8. The molecule has 1 aromatic rings. The second-order valence-corrected chi connectivity index (χ2v) is 3.60. The van der Waals surface area contributed by atoms with Crippen molar-refractivity contribution in [1.29, 1.82) is 0 Å². The van der Waals surface area contributed by atoms with Gasteiger partial charge < -0.3 is 4.74 Å². The summed E-state index contributed by atoms with van der Waals surface area (Å²) < 4.78 is 25.9. The highest BCUT2D eigenvalue weighted by Gasteiger charge is 2.09. The van der Waals surface area contributed by atoms with Gasteiger partial charge in [-0.3, -0.25) is 4.79 Å². The van der Waals surface area contributed by atoms with Gasteiger partial charge in [-0.2, -0.15) is 0 Å². The maximum Gasteiger partial charge on any atom is 0.298 e. The lowest BCUT2D eigenvalue weighted by atomic mass is 10.5. The van der Waals surface area contributed by atoms with Crippen LogP contribution in [0.15, 0.2) is 23.4 Å². The van der Waals surface area contributed by atoms with Crippen molar-refractivity contribution in [2.75, 3.05) is 0 Å². The summed E-state index contributed by atoms with van der Waals surface area (Å²) in [5.41, 5.74) is 0. The Kier molecular flexibility index (Phi) is 2.59. The van der Waals surface area contributed by atoms with E-state index in [0.29, 0.717) is 0 Å². The van der Waals surface area contributed by atoms with Gasteiger partial charge in [-0.15, -0.1) is 0 Å². The predicted octanol–water partition coefficient (Wildman–Crippen LogP) is -0.736. The molecular formula is C6H6N2O4S. The molecule has 2 N–H and O–H groups in total. The summed E-state index contributed by atoms with van der Waals surface area (Å²) in [4.78, 5) is 13.4. The number of nitrogens with zero attached hydrogens (tertiary/aromatic N) is 1. The molecule has 0 fully saturated rings. The molecular weight excluding hydrogens is 196 g/mol. The van der Waals surface area contributed by atoms with Gasteiger partial charge in [0.1, 0.15) is 5.75 Å². The van der Waals surface area contributed by atoms with Gasteiger partial charge in [0.15, 0.2) is 5.03 Å². The Hall–Kier alpha value is -1.47. The lowest BCUT2D eigenvalue weighted by Gasteiger charge is -1.99. The maximum absolute atomic E-state index is 10.8. The molecule has 0 atom stereocenters. The minimum Gasteiger partial charge on any atom is -0.429 e. The first-order valence-electron chi connectivity index (χ1n) is 3.13. The molecule has 0 aliphatic carbocycles. The maximum atomic E-state index is 10.8. The Morgan fingerprint density at radius 3 is 2.77 bits per heavy atom. The summed E-state index contributed by atoms with van der Waals surface area (Å²) in [5, 5.41) is 4.45. The van der Waals surface area contributed by atoms with E-state index in [0.717, 1.165) is 6.07 Å². The third kappa shape index (κ3) is 2.49. The van der Waals surface area contributed by atoms with Crippen LogP contribution in [0.2, 0.25) is 0 Å². The van der Waals surface area contributed by atoms with Gasteiger partial charge in [-0.05, 0) is 6.07 Å². The highest BCUT2D eigenvalue weighted by Crippen LogP contribution is 2.12. The smallest absolute Gasteiger partial charge is 0.298 e. The van der Waals surface area contributed by atoms with Crippen molar-refractivity contribution in [1.82, 2.24) is 4.98 Å². The van der Waals surface area contributed by atoms with Gasteiger partial charge in [0.2, 0.25) is 0 Å². The third-order valence-corrected chi connectivity index (χ3v) is 1.99. The SMILES string of the molecule is NS(=O)(=O)c1cc(OC=O)ccn1. The van der Waals surface area contributed by atoms with Crippen LogP contribution in [0.25, 0.3) is 0 Å². The van der Waals surface area contributed by atoms with E-state index < -0.39 is 10.0 Å². The van der Waals surface area contributed by atoms with Crippen molar-refractivity contribution in [2.24, 2.45) is 5.14 Å². The molecule has 6 nitrogen and oxygen atoms in total. The first-order valence-corrected chi connectivity index (χ1v) is 4.68. The summed E-state index contributed by atoms with van der Waals surface area (Å²) >= 11 is 0. The molecule has 0 aliphatic heterocycles. The number of nitrogens with two attached hydrogens (primary N) is 1. The van der Waals surface area contributed by atoms with E-state index >= 15 is 0 Å². The average Bonchev–Trinajstić information content (AvgIpc) is 2.04. The highest BCUT2D eigenvalue weighted by molar-refractivity contribution is 7.89. The second kappa shape index (κ2) is 3.50. The molecule has 0 spiro atoms. The van der Waals surface area contributed by atoms with E-state index in [1.807, 2.05) is 0 Å². The fourth-order valence-electron chi connectivity index (χ4n) is 0.676. The van der Waals surface area contributed by atoms with E-state index in [9.17, 15) is 13.2 Å². The Balaban J connectivity index is 3.13. The van der Waals surface area contributed by atoms with E-state index in [1.165, 1.54) is 12.3 Å². The molecule has 7 heteroatoms. The van der Waals surface area contributed by atoms with Gasteiger partial charge in [0.05, 0.1) is 0 Å². The molecule has 0 radical (unpaired) electrons. The summed E-state index contributed by atoms with van der Waals surface area (Å²) in [6, 6.07) is 2.40. The van der Waals surface area contributed by atoms with Crippen LogP contribution in [0.4, 0.5) is 0 Å². The molecule has 1 heterocycles. The molecule has 0 unspecified atom stereocenters. The number of hydrogen-bond acceptors (Lipinski definition) is 5. The highest BCUT2D eigenvalue weighted by atomic mass is 32.2. The molecule has 0 saturated heterocycles. The topological polar surface area (TPSA) is 99.4 Å². The van der Waals surface area contributed by atoms with E-state index in [1.54, 1.807) is 0 Å². The van der Waals surface area contributed by atoms with Crippen LogP contribution in [0.3, 0.4) is 0 Å². The van der Waals surface area contributed by atoms with E-state index in [2.05, 4.69) is 9.72 Å². The number of aromatic nitrogens is 1. The molecule has 13 heavy (non-hydrogen) atoms. The summed E-state index contributed by atoms with van der Waals surface area (Å²) in [6.45, 7) is 0.183. The zero-order chi connectivity index (χ0) is 9.90. The lowest BCUT2D eigenvalue weighted by Crippen LogP contribution is -2.13. The predicted molar refractivity (Wildman–Crippen MR) is 42.3 cm³/mol. The van der Waals surface area contributed by atoms with Crippen LogP contribution in [-0.4, -0.2) is 19.9 Å². The Morgan fingerprint density at radius 2 is 2.23 bits per heavy atom. The summed E-state index contributed by atoms with van der Waals surface area (Å²) in [7, 11) is -3.85. The number of sulfonamides is 1. The van der Waals surface area contributed by atoms with Crippen molar-refractivity contribution < 1.29 is 17.9 Å². The molecule has 1 rings (SSSR count). The number of ether oxygens (including phenoxy) is 1. The quantitative estimate of drug-likeness (QED) is 0.651. The third-order valence-electron chi connectivity index (χ3n) is 1.18. The van der Waals surface area contributed by atoms with Crippen molar-refractivity contribution in [3.63, 3.8) is 0 Å². The number of hydrogen-bond donors (Lipinski definition) is 1. The molecule has 1 aromatic heterocycles. The molecule has 0 amide bonds. The van der Waals surface area contributed by atoms with E-state index in [-0.39, 0.29) is 17.2 Å². The molecule has 0 aromatic carbocycles. The van der Waals surface area contributed by atoms with Crippen LogP contribution < -0.4 is 9.88 Å². The summed E-state index contributed by atoms with van der Waals surface area (Å²) in [6.07, 6.45) is 1.18. The van der Waals surface area contributed by atoms with Gasteiger partial charge in [-0.25, -0.2) is 18.5 Å². The van der Waals surface area contributed by atoms with Crippen molar-refractivity contribution in [2.45, 2.75) is 5.03 Å². The van der Waals surface area contributed by atoms with Crippen LogP contribution >= 0.6 is 0 Å². The monoisotopic (exact) mass is 202 g/mol. The van der Waals surface area contributed by atoms with Crippen LogP contribution in [0.5, 0.6) is 5.75 Å². The number of rotatable bonds is 3. The van der Waals surface area contributed by atoms with Gasteiger partial charge in [-0.1, -0.05) is 0 Å². The van der Waals surface area contributed by atoms with Crippen molar-refractivity contribution in [3.05, 3.63) is 18.3 Å². The zero-order valence-electron chi connectivity index (χ0n) is 6.38. The number of carbonyl (C=O) groups excluding carboxylic acids is 1. The lowest BCUT2D eigenvalue weighted by molar-refractivity contribution is -0.120. The number of primary sulfonamides is 1. The standard InChI is InChI=1S/C6H6N2O4S/c7-13(10,11)6-3-5(12-4-9)1-2-8-6/h1-4H,(H2,7,10,11). The van der Waals surface area contributed by atoms with Crippen molar-refractivity contribution in [3.8, 4) is 5.75 Å². The van der Waals surface area contributed by atoms with Gasteiger partial charge >= 0.3 is 0 Å². The Bertz CT molecular complexity index is 414. The minimum atomic E-state index is -3.85. The number of pyridine rings is 1. The summed E-state index contributed by atoms with van der Waals surface area (Å²) in [5.74, 6) is 0.0778.